The van der Waals surface area contributed by atoms with E-state index in [9.17, 15) is 37.7 Å². The van der Waals surface area contributed by atoms with E-state index in [0.717, 1.165) is 23.9 Å². The van der Waals surface area contributed by atoms with E-state index in [1.165, 1.54) is 36.4 Å². The van der Waals surface area contributed by atoms with E-state index in [2.05, 4.69) is 16.0 Å². The van der Waals surface area contributed by atoms with Gasteiger partial charge in [0.1, 0.15) is 5.70 Å². The predicted octanol–water partition coefficient (Wildman–Crippen LogP) is 7.41. The quantitative estimate of drug-likeness (QED) is 0.0707. The molecule has 0 aliphatic carbocycles. The number of nitro groups is 1. The topological polar surface area (TPSA) is 130 Å². The minimum Gasteiger partial charge on any atom is -0.325 e. The first-order valence-electron chi connectivity index (χ1n) is 12.9. The second-order valence-corrected chi connectivity index (χ2v) is 10.7. The first-order chi connectivity index (χ1) is 21.4. The summed E-state index contributed by atoms with van der Waals surface area (Å²) < 4.78 is 40.1. The zero-order valence-electron chi connectivity index (χ0n) is 22.9. The lowest BCUT2D eigenvalue weighted by atomic mass is 10.1. The molecule has 0 bridgehead atoms. The number of halogens is 4. The number of carbonyl (C=O) groups excluding carboxylic acids is 3. The fourth-order valence-corrected chi connectivity index (χ4v) is 4.79. The highest BCUT2D eigenvalue weighted by molar-refractivity contribution is 8.00. The van der Waals surface area contributed by atoms with Gasteiger partial charge in [0, 0.05) is 33.3 Å². The van der Waals surface area contributed by atoms with Crippen LogP contribution < -0.4 is 16.0 Å². The fraction of sp³-hybridized carbons (Fsp3) is 0.0645. The summed E-state index contributed by atoms with van der Waals surface area (Å²) >= 11 is 6.71. The van der Waals surface area contributed by atoms with Gasteiger partial charge in [-0.2, -0.15) is 13.2 Å². The van der Waals surface area contributed by atoms with Gasteiger partial charge < -0.3 is 16.0 Å². The number of hydrogen-bond donors (Lipinski definition) is 3. The van der Waals surface area contributed by atoms with E-state index in [1.54, 1.807) is 54.6 Å². The van der Waals surface area contributed by atoms with Crippen LogP contribution in [-0.2, 0) is 15.8 Å². The molecular weight excluding hydrogens is 633 g/mol. The highest BCUT2D eigenvalue weighted by atomic mass is 35.5. The highest BCUT2D eigenvalue weighted by Crippen LogP contribution is 2.36. The Balaban J connectivity index is 1.47. The number of non-ortho nitro benzene ring substituents is 1. The van der Waals surface area contributed by atoms with Gasteiger partial charge in [-0.05, 0) is 72.3 Å². The third-order valence-corrected chi connectivity index (χ3v) is 7.20. The average molecular weight is 655 g/mol. The summed E-state index contributed by atoms with van der Waals surface area (Å²) in [5, 5.41) is 18.4. The second-order valence-electron chi connectivity index (χ2n) is 9.23. The van der Waals surface area contributed by atoms with Crippen molar-refractivity contribution in [2.75, 3.05) is 16.4 Å². The minimum absolute atomic E-state index is 0.126. The van der Waals surface area contributed by atoms with Crippen molar-refractivity contribution in [2.45, 2.75) is 11.1 Å². The van der Waals surface area contributed by atoms with Crippen LogP contribution in [0.25, 0.3) is 6.08 Å². The number of hydrogen-bond acceptors (Lipinski definition) is 6. The van der Waals surface area contributed by atoms with Gasteiger partial charge in [-0.15, -0.1) is 11.8 Å². The number of rotatable bonds is 10. The highest BCUT2D eigenvalue weighted by Gasteiger charge is 2.34. The number of carbonyl (C=O) groups is 3. The summed E-state index contributed by atoms with van der Waals surface area (Å²) in [6.45, 7) is 0. The van der Waals surface area contributed by atoms with Crippen molar-refractivity contribution in [3.05, 3.63) is 135 Å². The van der Waals surface area contributed by atoms with Crippen molar-refractivity contribution >= 4 is 64.2 Å². The van der Waals surface area contributed by atoms with Crippen molar-refractivity contribution in [3.63, 3.8) is 0 Å². The molecule has 45 heavy (non-hydrogen) atoms. The van der Waals surface area contributed by atoms with Crippen molar-refractivity contribution < 1.29 is 32.5 Å². The van der Waals surface area contributed by atoms with Gasteiger partial charge in [0.2, 0.25) is 5.91 Å². The van der Waals surface area contributed by atoms with Crippen LogP contribution in [0.4, 0.5) is 30.2 Å². The Morgan fingerprint density at radius 1 is 0.889 bits per heavy atom. The number of anilines is 2. The summed E-state index contributed by atoms with van der Waals surface area (Å²) in [6.07, 6.45) is -3.37. The molecule has 0 spiro atoms. The Labute approximate surface area is 263 Å². The number of nitrogens with zero attached hydrogens (tertiary/aromatic N) is 1. The fourth-order valence-electron chi connectivity index (χ4n) is 3.86. The maximum absolute atomic E-state index is 13.4. The zero-order valence-corrected chi connectivity index (χ0v) is 24.5. The summed E-state index contributed by atoms with van der Waals surface area (Å²) in [6, 6.07) is 22.9. The zero-order chi connectivity index (χ0) is 32.6. The van der Waals surface area contributed by atoms with Crippen molar-refractivity contribution in [2.24, 2.45) is 0 Å². The Bertz CT molecular complexity index is 1770. The van der Waals surface area contributed by atoms with Crippen LogP contribution in [0.1, 0.15) is 21.5 Å². The van der Waals surface area contributed by atoms with E-state index < -0.39 is 40.1 Å². The summed E-state index contributed by atoms with van der Waals surface area (Å²) in [5.41, 5.74) is -0.812. The number of thioether (sulfide) groups is 1. The smallest absolute Gasteiger partial charge is 0.325 e. The molecule has 14 heteroatoms. The number of nitro benzene ring substituents is 1. The van der Waals surface area contributed by atoms with Crippen molar-refractivity contribution in [3.8, 4) is 0 Å². The van der Waals surface area contributed by atoms with Crippen molar-refractivity contribution in [1.82, 2.24) is 5.32 Å². The van der Waals surface area contributed by atoms with E-state index in [-0.39, 0.29) is 27.7 Å². The Morgan fingerprint density at radius 3 is 2.27 bits per heavy atom. The summed E-state index contributed by atoms with van der Waals surface area (Å²) in [7, 11) is 0. The van der Waals surface area contributed by atoms with Gasteiger partial charge in [-0.3, -0.25) is 24.5 Å². The molecular formula is C31H22ClF3N4O5S. The Morgan fingerprint density at radius 2 is 1.60 bits per heavy atom. The molecule has 4 aromatic rings. The van der Waals surface area contributed by atoms with E-state index in [4.69, 9.17) is 11.6 Å². The van der Waals surface area contributed by atoms with Crippen LogP contribution in [-0.4, -0.2) is 28.4 Å². The van der Waals surface area contributed by atoms with Crippen LogP contribution in [0.2, 0.25) is 5.02 Å². The molecule has 0 radical (unpaired) electrons. The second kappa shape index (κ2) is 14.6. The van der Waals surface area contributed by atoms with E-state index in [1.807, 2.05) is 0 Å². The number of amides is 3. The molecule has 4 aromatic carbocycles. The normalized spacial score (nSPS) is 11.4. The molecule has 3 amide bonds. The Hall–Kier alpha value is -5.14. The van der Waals surface area contributed by atoms with Crippen LogP contribution in [0, 0.1) is 10.1 Å². The molecule has 0 unspecified atom stereocenters. The summed E-state index contributed by atoms with van der Waals surface area (Å²) in [4.78, 5) is 49.6. The lowest BCUT2D eigenvalue weighted by molar-refractivity contribution is -0.384. The maximum Gasteiger partial charge on any atom is 0.418 e. The van der Waals surface area contributed by atoms with Crippen LogP contribution in [0.15, 0.2) is 108 Å². The minimum atomic E-state index is -4.72. The SMILES string of the molecule is O=C(CSc1cccc(NC(=O)/C(=C\c2ccc([N+](=O)[O-])cc2)NC(=O)c2ccccc2)c1)Nc1ccc(Cl)cc1C(F)(F)F. The summed E-state index contributed by atoms with van der Waals surface area (Å²) in [5.74, 6) is -2.21. The number of alkyl halides is 3. The molecule has 3 N–H and O–H groups in total. The molecule has 0 aromatic heterocycles. The Kier molecular flexibility index (Phi) is 10.6. The van der Waals surface area contributed by atoms with Gasteiger partial charge in [0.05, 0.1) is 21.9 Å². The molecule has 0 saturated carbocycles. The lowest BCUT2D eigenvalue weighted by Crippen LogP contribution is -2.30. The number of benzene rings is 4. The third-order valence-electron chi connectivity index (χ3n) is 5.97. The van der Waals surface area contributed by atoms with E-state index in [0.29, 0.717) is 16.1 Å². The molecule has 4 rings (SSSR count). The van der Waals surface area contributed by atoms with Gasteiger partial charge in [0.15, 0.2) is 0 Å². The standard InChI is InChI=1S/C31H22ClF3N4O5S/c32-21-11-14-26(25(16-21)31(33,34)35)37-28(40)18-45-24-8-4-7-22(17-24)36-30(42)27(38-29(41)20-5-2-1-3-6-20)15-19-9-12-23(13-10-19)39(43)44/h1-17H,18H2,(H,36,42)(H,37,40)(H,38,41)/b27-15+. The molecule has 9 nitrogen and oxygen atoms in total. The van der Waals surface area contributed by atoms with Crippen LogP contribution in [0.5, 0.6) is 0 Å². The molecule has 0 aliphatic rings. The van der Waals surface area contributed by atoms with Gasteiger partial charge in [-0.1, -0.05) is 35.9 Å². The molecule has 230 valence electrons. The van der Waals surface area contributed by atoms with Crippen LogP contribution in [0.3, 0.4) is 0 Å². The molecule has 0 fully saturated rings. The first-order valence-corrected chi connectivity index (χ1v) is 14.3. The van der Waals surface area contributed by atoms with Crippen LogP contribution >= 0.6 is 23.4 Å². The monoisotopic (exact) mass is 654 g/mol. The number of nitrogens with one attached hydrogen (secondary N) is 3. The molecule has 0 atom stereocenters. The maximum atomic E-state index is 13.4. The molecule has 0 saturated heterocycles. The molecule has 0 aliphatic heterocycles. The van der Waals surface area contributed by atoms with E-state index >= 15 is 0 Å². The molecule has 0 heterocycles. The average Bonchev–Trinajstić information content (AvgIpc) is 3.01. The largest absolute Gasteiger partial charge is 0.418 e. The lowest BCUT2D eigenvalue weighted by Gasteiger charge is -2.14. The van der Waals surface area contributed by atoms with Gasteiger partial charge in [-0.25, -0.2) is 0 Å². The van der Waals surface area contributed by atoms with Gasteiger partial charge >= 0.3 is 6.18 Å². The third kappa shape index (κ3) is 9.42. The first kappa shape index (κ1) is 32.8. The van der Waals surface area contributed by atoms with Gasteiger partial charge in [0.25, 0.3) is 17.5 Å². The van der Waals surface area contributed by atoms with Crippen molar-refractivity contribution in [1.29, 1.82) is 0 Å². The predicted molar refractivity (Wildman–Crippen MR) is 166 cm³/mol.